The highest BCUT2D eigenvalue weighted by molar-refractivity contribution is 7.99. The van der Waals surface area contributed by atoms with Gasteiger partial charge in [0.1, 0.15) is 0 Å². The Morgan fingerprint density at radius 1 is 1.56 bits per heavy atom. The van der Waals surface area contributed by atoms with Crippen LogP contribution in [0, 0.1) is 6.92 Å². The molecule has 0 unspecified atom stereocenters. The molecule has 0 aliphatic heterocycles. The number of aromatic nitrogens is 6. The van der Waals surface area contributed by atoms with Gasteiger partial charge in [-0.25, -0.2) is 4.68 Å². The molecule has 96 valence electrons. The van der Waals surface area contributed by atoms with Crippen molar-refractivity contribution in [1.29, 1.82) is 0 Å². The van der Waals surface area contributed by atoms with Crippen molar-refractivity contribution in [3.05, 3.63) is 11.7 Å². The van der Waals surface area contributed by atoms with E-state index in [4.69, 9.17) is 4.52 Å². The Labute approximate surface area is 106 Å². The van der Waals surface area contributed by atoms with Crippen LogP contribution in [-0.4, -0.2) is 42.0 Å². The number of carbonyl (C=O) groups excluding carboxylic acids is 1. The summed E-state index contributed by atoms with van der Waals surface area (Å²) >= 11 is 1.25. The van der Waals surface area contributed by atoms with E-state index >= 15 is 0 Å². The standard InChI is InChI=1S/C8H11N7O2S/c1-5-10-7(17-12-5)3-9-6(16)4-18-8-11-13-14-15(8)2/h3-4H2,1-2H3,(H,9,16). The first-order chi connectivity index (χ1) is 8.65. The Bertz CT molecular complexity index is 537. The molecule has 2 aromatic heterocycles. The largest absolute Gasteiger partial charge is 0.346 e. The Balaban J connectivity index is 1.74. The summed E-state index contributed by atoms with van der Waals surface area (Å²) < 4.78 is 6.36. The van der Waals surface area contributed by atoms with E-state index in [1.807, 2.05) is 0 Å². The number of hydrogen-bond donors (Lipinski definition) is 1. The minimum absolute atomic E-state index is 0.154. The van der Waals surface area contributed by atoms with Gasteiger partial charge < -0.3 is 9.84 Å². The zero-order chi connectivity index (χ0) is 13.0. The van der Waals surface area contributed by atoms with Crippen molar-refractivity contribution in [3.63, 3.8) is 0 Å². The SMILES string of the molecule is Cc1noc(CNC(=O)CSc2nnnn2C)n1. The van der Waals surface area contributed by atoms with Gasteiger partial charge in [0.05, 0.1) is 12.3 Å². The lowest BCUT2D eigenvalue weighted by Gasteiger charge is -2.00. The molecule has 0 saturated carbocycles. The second kappa shape index (κ2) is 5.58. The quantitative estimate of drug-likeness (QED) is 0.710. The van der Waals surface area contributed by atoms with E-state index in [0.717, 1.165) is 0 Å². The fraction of sp³-hybridized carbons (Fsp3) is 0.500. The van der Waals surface area contributed by atoms with Crippen LogP contribution in [0.2, 0.25) is 0 Å². The molecule has 2 aromatic rings. The molecule has 10 heteroatoms. The van der Waals surface area contributed by atoms with Crippen molar-refractivity contribution in [2.75, 3.05) is 5.75 Å². The van der Waals surface area contributed by atoms with Crippen LogP contribution in [0.15, 0.2) is 9.68 Å². The maximum Gasteiger partial charge on any atom is 0.246 e. The predicted molar refractivity (Wildman–Crippen MR) is 60.4 cm³/mol. The fourth-order valence-corrected chi connectivity index (χ4v) is 1.79. The van der Waals surface area contributed by atoms with Crippen LogP contribution < -0.4 is 5.32 Å². The van der Waals surface area contributed by atoms with E-state index < -0.39 is 0 Å². The number of nitrogens with zero attached hydrogens (tertiary/aromatic N) is 6. The van der Waals surface area contributed by atoms with Gasteiger partial charge in [-0.2, -0.15) is 4.98 Å². The van der Waals surface area contributed by atoms with E-state index in [0.29, 0.717) is 16.9 Å². The van der Waals surface area contributed by atoms with Gasteiger partial charge in [0.25, 0.3) is 0 Å². The summed E-state index contributed by atoms with van der Waals surface area (Å²) in [4.78, 5) is 15.5. The number of aryl methyl sites for hydroxylation is 2. The summed E-state index contributed by atoms with van der Waals surface area (Å²) in [6.45, 7) is 1.93. The number of thioether (sulfide) groups is 1. The number of amides is 1. The smallest absolute Gasteiger partial charge is 0.246 e. The Kier molecular flexibility index (Phi) is 3.87. The lowest BCUT2D eigenvalue weighted by molar-refractivity contribution is -0.118. The third kappa shape index (κ3) is 3.26. The van der Waals surface area contributed by atoms with Crippen LogP contribution in [0.5, 0.6) is 0 Å². The van der Waals surface area contributed by atoms with Crippen LogP contribution in [0.1, 0.15) is 11.7 Å². The summed E-state index contributed by atoms with van der Waals surface area (Å²) in [6.07, 6.45) is 0. The highest BCUT2D eigenvalue weighted by Crippen LogP contribution is 2.11. The molecule has 0 bridgehead atoms. The van der Waals surface area contributed by atoms with Crippen LogP contribution in [0.4, 0.5) is 0 Å². The molecule has 0 radical (unpaired) electrons. The first-order valence-corrected chi connectivity index (χ1v) is 6.05. The summed E-state index contributed by atoms with van der Waals surface area (Å²) in [5.74, 6) is 0.991. The van der Waals surface area contributed by atoms with Crippen LogP contribution in [0.3, 0.4) is 0 Å². The first kappa shape index (κ1) is 12.5. The van der Waals surface area contributed by atoms with Crippen molar-refractivity contribution in [1.82, 2.24) is 35.7 Å². The minimum atomic E-state index is -0.154. The van der Waals surface area contributed by atoms with Gasteiger partial charge in [-0.3, -0.25) is 4.79 Å². The van der Waals surface area contributed by atoms with E-state index in [2.05, 4.69) is 31.0 Å². The van der Waals surface area contributed by atoms with Gasteiger partial charge in [-0.1, -0.05) is 16.9 Å². The van der Waals surface area contributed by atoms with Crippen molar-refractivity contribution in [3.8, 4) is 0 Å². The Morgan fingerprint density at radius 3 is 3.00 bits per heavy atom. The number of hydrogen-bond acceptors (Lipinski definition) is 8. The molecular weight excluding hydrogens is 258 g/mol. The molecule has 18 heavy (non-hydrogen) atoms. The lowest BCUT2D eigenvalue weighted by atomic mass is 10.6. The number of nitrogens with one attached hydrogen (secondary N) is 1. The molecule has 0 atom stereocenters. The van der Waals surface area contributed by atoms with Crippen molar-refractivity contribution in [2.45, 2.75) is 18.6 Å². The Morgan fingerprint density at radius 2 is 2.39 bits per heavy atom. The molecule has 1 amide bonds. The summed E-state index contributed by atoms with van der Waals surface area (Å²) in [5.41, 5.74) is 0. The number of carbonyl (C=O) groups is 1. The molecule has 9 nitrogen and oxygen atoms in total. The first-order valence-electron chi connectivity index (χ1n) is 5.06. The molecule has 0 fully saturated rings. The number of rotatable bonds is 5. The highest BCUT2D eigenvalue weighted by Gasteiger charge is 2.09. The molecule has 0 aliphatic rings. The predicted octanol–water partition coefficient (Wildman–Crippen LogP) is -0.690. The topological polar surface area (TPSA) is 112 Å². The normalized spacial score (nSPS) is 10.6. The minimum Gasteiger partial charge on any atom is -0.346 e. The third-order valence-electron chi connectivity index (χ3n) is 1.92. The van der Waals surface area contributed by atoms with Crippen molar-refractivity contribution >= 4 is 17.7 Å². The average molecular weight is 269 g/mol. The lowest BCUT2D eigenvalue weighted by Crippen LogP contribution is -2.24. The summed E-state index contributed by atoms with van der Waals surface area (Å²) in [6, 6.07) is 0. The average Bonchev–Trinajstić information content (AvgIpc) is 2.93. The second-order valence-corrected chi connectivity index (χ2v) is 4.33. The van der Waals surface area contributed by atoms with Crippen LogP contribution >= 0.6 is 11.8 Å². The Hall–Kier alpha value is -1.97. The van der Waals surface area contributed by atoms with E-state index in [-0.39, 0.29) is 18.2 Å². The molecule has 0 aliphatic carbocycles. The van der Waals surface area contributed by atoms with Crippen molar-refractivity contribution in [2.24, 2.45) is 7.05 Å². The van der Waals surface area contributed by atoms with Gasteiger partial charge >= 0.3 is 0 Å². The molecule has 2 heterocycles. The third-order valence-corrected chi connectivity index (χ3v) is 2.93. The zero-order valence-corrected chi connectivity index (χ0v) is 10.6. The molecule has 2 rings (SSSR count). The van der Waals surface area contributed by atoms with E-state index in [1.54, 1.807) is 14.0 Å². The number of tetrazole rings is 1. The van der Waals surface area contributed by atoms with Gasteiger partial charge in [-0.15, -0.1) is 5.10 Å². The molecule has 0 saturated heterocycles. The molecule has 1 N–H and O–H groups in total. The fourth-order valence-electron chi connectivity index (χ4n) is 1.11. The molecule has 0 aromatic carbocycles. The van der Waals surface area contributed by atoms with Gasteiger partial charge in [0.15, 0.2) is 5.82 Å². The highest BCUT2D eigenvalue weighted by atomic mass is 32.2. The van der Waals surface area contributed by atoms with Crippen LogP contribution in [0.25, 0.3) is 0 Å². The molecule has 0 spiro atoms. The van der Waals surface area contributed by atoms with Crippen LogP contribution in [-0.2, 0) is 18.4 Å². The monoisotopic (exact) mass is 269 g/mol. The summed E-state index contributed by atoms with van der Waals surface area (Å²) in [5, 5.41) is 17.7. The van der Waals surface area contributed by atoms with Gasteiger partial charge in [0.2, 0.25) is 17.0 Å². The zero-order valence-electron chi connectivity index (χ0n) is 9.82. The van der Waals surface area contributed by atoms with E-state index in [1.165, 1.54) is 16.4 Å². The maximum atomic E-state index is 11.5. The van der Waals surface area contributed by atoms with Crippen molar-refractivity contribution < 1.29 is 9.32 Å². The van der Waals surface area contributed by atoms with E-state index in [9.17, 15) is 4.79 Å². The van der Waals surface area contributed by atoms with Gasteiger partial charge in [0, 0.05) is 7.05 Å². The summed E-state index contributed by atoms with van der Waals surface area (Å²) in [7, 11) is 1.71. The maximum absolute atomic E-state index is 11.5. The second-order valence-electron chi connectivity index (χ2n) is 3.39. The van der Waals surface area contributed by atoms with Gasteiger partial charge in [-0.05, 0) is 17.4 Å². The molecular formula is C8H11N7O2S.